The minimum Gasteiger partial charge on any atom is -0.379 e. The molecule has 0 radical (unpaired) electrons. The van der Waals surface area contributed by atoms with Gasteiger partial charge in [0.25, 0.3) is 0 Å². The Morgan fingerprint density at radius 1 is 1.14 bits per heavy atom. The Morgan fingerprint density at radius 2 is 1.91 bits per heavy atom. The number of fused-ring (bicyclic) bond motifs is 1. The minimum absolute atomic E-state index is 0.695. The van der Waals surface area contributed by atoms with Crippen molar-refractivity contribution in [2.24, 2.45) is 11.8 Å². The van der Waals surface area contributed by atoms with Gasteiger partial charge in [-0.1, -0.05) is 19.8 Å². The highest BCUT2D eigenvalue weighted by Crippen LogP contribution is 2.38. The number of nitrogens with one attached hydrogen (secondary N) is 1. The van der Waals surface area contributed by atoms with E-state index in [0.29, 0.717) is 6.04 Å². The summed E-state index contributed by atoms with van der Waals surface area (Å²) in [4.78, 5) is 4.97. The van der Waals surface area contributed by atoms with Crippen LogP contribution in [0.1, 0.15) is 39.0 Å². The molecule has 5 heteroatoms. The van der Waals surface area contributed by atoms with Crippen LogP contribution < -0.4 is 5.32 Å². The van der Waals surface area contributed by atoms with Crippen LogP contribution in [-0.2, 0) is 4.74 Å². The lowest BCUT2D eigenvalue weighted by atomic mass is 9.73. The molecule has 1 saturated carbocycles. The summed E-state index contributed by atoms with van der Waals surface area (Å²) in [6.07, 6.45) is 6.82. The Balaban J connectivity index is 1.46. The van der Waals surface area contributed by atoms with Crippen LogP contribution in [0.3, 0.4) is 0 Å². The van der Waals surface area contributed by atoms with Gasteiger partial charge < -0.3 is 15.0 Å². The van der Waals surface area contributed by atoms with E-state index >= 15 is 0 Å². The second-order valence-corrected chi connectivity index (χ2v) is 7.55. The van der Waals surface area contributed by atoms with Crippen molar-refractivity contribution < 1.29 is 4.74 Å². The fourth-order valence-electron chi connectivity index (χ4n) is 4.41. The zero-order valence-electron chi connectivity index (χ0n) is 13.9. The first-order chi connectivity index (χ1) is 10.8. The molecule has 3 aliphatic rings. The van der Waals surface area contributed by atoms with Crippen LogP contribution in [0, 0.1) is 11.8 Å². The predicted octanol–water partition coefficient (Wildman–Crippen LogP) is 2.09. The minimum atomic E-state index is 0.695. The first-order valence-corrected chi connectivity index (χ1v) is 9.51. The van der Waals surface area contributed by atoms with Crippen molar-refractivity contribution in [3.05, 3.63) is 0 Å². The molecule has 0 bridgehead atoms. The Labute approximate surface area is 140 Å². The van der Waals surface area contributed by atoms with Gasteiger partial charge in [-0.2, -0.15) is 0 Å². The maximum absolute atomic E-state index is 5.72. The van der Waals surface area contributed by atoms with E-state index in [-0.39, 0.29) is 0 Å². The third-order valence-corrected chi connectivity index (χ3v) is 6.19. The number of piperidine rings is 1. The van der Waals surface area contributed by atoms with Crippen molar-refractivity contribution in [1.29, 1.82) is 0 Å². The van der Waals surface area contributed by atoms with Crippen molar-refractivity contribution in [1.82, 2.24) is 15.1 Å². The molecule has 0 aromatic carbocycles. The van der Waals surface area contributed by atoms with E-state index in [9.17, 15) is 0 Å². The number of ether oxygens (including phenoxy) is 1. The van der Waals surface area contributed by atoms with Crippen LogP contribution in [0.4, 0.5) is 0 Å². The quantitative estimate of drug-likeness (QED) is 0.802. The van der Waals surface area contributed by atoms with E-state index in [4.69, 9.17) is 17.0 Å². The van der Waals surface area contributed by atoms with Crippen molar-refractivity contribution in [2.45, 2.75) is 45.1 Å². The van der Waals surface area contributed by atoms with Gasteiger partial charge >= 0.3 is 0 Å². The summed E-state index contributed by atoms with van der Waals surface area (Å²) >= 11 is 5.72. The lowest BCUT2D eigenvalue weighted by Crippen LogP contribution is -2.55. The number of morpholine rings is 1. The van der Waals surface area contributed by atoms with E-state index in [2.05, 4.69) is 22.0 Å². The molecule has 126 valence electrons. The molecule has 22 heavy (non-hydrogen) atoms. The Bertz CT molecular complexity index is 373. The smallest absolute Gasteiger partial charge is 0.169 e. The molecule has 3 atom stereocenters. The highest BCUT2D eigenvalue weighted by atomic mass is 32.1. The molecule has 1 N–H and O–H groups in total. The lowest BCUT2D eigenvalue weighted by molar-refractivity contribution is 0.0385. The van der Waals surface area contributed by atoms with Gasteiger partial charge in [0.15, 0.2) is 5.11 Å². The number of hydrogen-bond acceptors (Lipinski definition) is 3. The third-order valence-electron chi connectivity index (χ3n) is 5.81. The average molecular weight is 326 g/mol. The maximum atomic E-state index is 5.72. The summed E-state index contributed by atoms with van der Waals surface area (Å²) in [5, 5.41) is 4.52. The van der Waals surface area contributed by atoms with E-state index in [0.717, 1.165) is 62.9 Å². The van der Waals surface area contributed by atoms with Gasteiger partial charge in [-0.25, -0.2) is 0 Å². The molecule has 2 heterocycles. The van der Waals surface area contributed by atoms with Crippen LogP contribution in [0.15, 0.2) is 0 Å². The Hall–Kier alpha value is -0.390. The average Bonchev–Trinajstić information content (AvgIpc) is 2.56. The molecule has 2 saturated heterocycles. The van der Waals surface area contributed by atoms with Crippen molar-refractivity contribution in [2.75, 3.05) is 45.9 Å². The zero-order valence-corrected chi connectivity index (χ0v) is 14.7. The number of rotatable bonds is 3. The summed E-state index contributed by atoms with van der Waals surface area (Å²) in [5.41, 5.74) is 0. The van der Waals surface area contributed by atoms with Gasteiger partial charge in [0.2, 0.25) is 0 Å². The molecular weight excluding hydrogens is 294 g/mol. The monoisotopic (exact) mass is 325 g/mol. The predicted molar refractivity (Wildman–Crippen MR) is 94.1 cm³/mol. The largest absolute Gasteiger partial charge is 0.379 e. The fourth-order valence-corrected chi connectivity index (χ4v) is 4.74. The number of hydrogen-bond donors (Lipinski definition) is 1. The molecule has 0 amide bonds. The number of likely N-dealkylation sites (tertiary alicyclic amines) is 1. The molecule has 0 aromatic rings. The molecule has 3 fully saturated rings. The Morgan fingerprint density at radius 3 is 2.73 bits per heavy atom. The van der Waals surface area contributed by atoms with Crippen molar-refractivity contribution in [3.8, 4) is 0 Å². The molecule has 3 rings (SSSR count). The van der Waals surface area contributed by atoms with Gasteiger partial charge in [0.05, 0.1) is 13.2 Å². The molecular formula is C17H31N3OS. The molecule has 2 aliphatic heterocycles. The topological polar surface area (TPSA) is 27.7 Å². The second-order valence-electron chi connectivity index (χ2n) is 7.16. The van der Waals surface area contributed by atoms with E-state index in [1.54, 1.807) is 0 Å². The molecule has 4 nitrogen and oxygen atoms in total. The van der Waals surface area contributed by atoms with Gasteiger partial charge in [0, 0.05) is 38.8 Å². The van der Waals surface area contributed by atoms with E-state index < -0.39 is 0 Å². The van der Waals surface area contributed by atoms with Gasteiger partial charge in [0.1, 0.15) is 0 Å². The van der Waals surface area contributed by atoms with Crippen LogP contribution in [0.2, 0.25) is 0 Å². The lowest BCUT2D eigenvalue weighted by Gasteiger charge is -2.48. The summed E-state index contributed by atoms with van der Waals surface area (Å²) in [7, 11) is 0. The van der Waals surface area contributed by atoms with Crippen LogP contribution in [0.25, 0.3) is 0 Å². The van der Waals surface area contributed by atoms with Crippen LogP contribution in [-0.4, -0.2) is 66.9 Å². The zero-order chi connectivity index (χ0) is 15.4. The first-order valence-electron chi connectivity index (χ1n) is 9.10. The Kier molecular flexibility index (Phi) is 5.94. The molecule has 0 aromatic heterocycles. The SMILES string of the molecule is C[C@@H]1CCN(C(=S)NCCN2CCOCC2)[C@H]2CCCC[C@@H]12. The highest BCUT2D eigenvalue weighted by Gasteiger charge is 2.38. The molecule has 1 aliphatic carbocycles. The van der Waals surface area contributed by atoms with Crippen LogP contribution >= 0.6 is 12.2 Å². The van der Waals surface area contributed by atoms with Gasteiger partial charge in [-0.15, -0.1) is 0 Å². The first kappa shape index (κ1) is 16.5. The van der Waals surface area contributed by atoms with E-state index in [1.807, 2.05) is 0 Å². The summed E-state index contributed by atoms with van der Waals surface area (Å²) in [6.45, 7) is 9.47. The highest BCUT2D eigenvalue weighted by molar-refractivity contribution is 7.80. The molecule has 0 unspecified atom stereocenters. The van der Waals surface area contributed by atoms with Gasteiger partial charge in [-0.3, -0.25) is 4.90 Å². The van der Waals surface area contributed by atoms with Crippen molar-refractivity contribution in [3.63, 3.8) is 0 Å². The van der Waals surface area contributed by atoms with Crippen molar-refractivity contribution >= 4 is 17.3 Å². The summed E-state index contributed by atoms with van der Waals surface area (Å²) in [5.74, 6) is 1.74. The molecule has 0 spiro atoms. The summed E-state index contributed by atoms with van der Waals surface area (Å²) in [6, 6.07) is 0.695. The number of thiocarbonyl (C=S) groups is 1. The number of nitrogens with zero attached hydrogens (tertiary/aromatic N) is 2. The fraction of sp³-hybridized carbons (Fsp3) is 0.941. The summed E-state index contributed by atoms with van der Waals surface area (Å²) < 4.78 is 5.40. The van der Waals surface area contributed by atoms with Gasteiger partial charge in [-0.05, 0) is 43.3 Å². The third kappa shape index (κ3) is 3.92. The normalized spacial score (nSPS) is 33.3. The van der Waals surface area contributed by atoms with Crippen LogP contribution in [0.5, 0.6) is 0 Å². The van der Waals surface area contributed by atoms with E-state index in [1.165, 1.54) is 32.1 Å². The maximum Gasteiger partial charge on any atom is 0.169 e. The second kappa shape index (κ2) is 7.93. The standard InChI is InChI=1S/C17H31N3OS/c1-14-6-8-20(16-5-3-2-4-15(14)16)17(22)18-7-9-19-10-12-21-13-11-19/h14-16H,2-13H2,1H3,(H,18,22)/t14-,15+,16+/m1/s1.